The molecule has 90 valence electrons. The predicted octanol–water partition coefficient (Wildman–Crippen LogP) is 1.93. The summed E-state index contributed by atoms with van der Waals surface area (Å²) >= 11 is 0. The van der Waals surface area contributed by atoms with E-state index in [4.69, 9.17) is 0 Å². The number of anilines is 1. The minimum absolute atomic E-state index is 0.353. The summed E-state index contributed by atoms with van der Waals surface area (Å²) in [5, 5.41) is 24.6. The van der Waals surface area contributed by atoms with Gasteiger partial charge in [0, 0.05) is 19.2 Å². The van der Waals surface area contributed by atoms with Gasteiger partial charge in [-0.1, -0.05) is 0 Å². The summed E-state index contributed by atoms with van der Waals surface area (Å²) in [6, 6.07) is 2.29. The molecule has 0 heterocycles. The van der Waals surface area contributed by atoms with Gasteiger partial charge in [-0.2, -0.15) is 0 Å². The van der Waals surface area contributed by atoms with Gasteiger partial charge in [0.25, 0.3) is 0 Å². The maximum atomic E-state index is 10.8. The van der Waals surface area contributed by atoms with E-state index in [1.807, 2.05) is 0 Å². The topological polar surface area (TPSA) is 119 Å². The maximum absolute atomic E-state index is 10.8. The smallest absolute Gasteiger partial charge is 0.258 e. The van der Waals surface area contributed by atoms with Crippen LogP contribution in [0, 0.1) is 32.1 Å². The first-order chi connectivity index (χ1) is 7.88. The van der Waals surface area contributed by atoms with Gasteiger partial charge in [-0.25, -0.2) is 5.01 Å². The molecule has 0 aliphatic rings. The molecule has 0 amide bonds. The molecule has 0 aliphatic carbocycles. The van der Waals surface area contributed by atoms with E-state index in [0.717, 1.165) is 19.2 Å². The van der Waals surface area contributed by atoms with E-state index in [-0.39, 0.29) is 0 Å². The molecule has 1 rings (SSSR count). The second-order valence-electron chi connectivity index (χ2n) is 3.27. The molecule has 1 aromatic carbocycles. The standard InChI is InChI=1S/C8H8N4O5/c1-5-3-6(11(14)15)8(10(2)9-13)7(4-5)12(16)17/h3-4H,1-2H3. The van der Waals surface area contributed by atoms with Crippen LogP contribution in [0.5, 0.6) is 0 Å². The SMILES string of the molecule is Cc1cc([N+](=O)[O-])c(N(C)N=O)c([N+](=O)[O-])c1. The quantitative estimate of drug-likeness (QED) is 0.450. The Morgan fingerprint density at radius 2 is 1.59 bits per heavy atom. The molecule has 0 aromatic heterocycles. The number of nitroso groups, excluding NO2 is 1. The highest BCUT2D eigenvalue weighted by Crippen LogP contribution is 2.37. The number of benzene rings is 1. The molecule has 9 heteroatoms. The second kappa shape index (κ2) is 4.51. The molecule has 0 saturated carbocycles. The third kappa shape index (κ3) is 2.33. The number of nitro benzene ring substituents is 2. The van der Waals surface area contributed by atoms with Gasteiger partial charge in [0.05, 0.1) is 15.1 Å². The summed E-state index contributed by atoms with van der Waals surface area (Å²) in [5.74, 6) is 0. The summed E-state index contributed by atoms with van der Waals surface area (Å²) in [6.45, 7) is 1.48. The molecule has 0 N–H and O–H groups in total. The van der Waals surface area contributed by atoms with Crippen LogP contribution in [0.25, 0.3) is 0 Å². The fourth-order valence-corrected chi connectivity index (χ4v) is 1.39. The first-order valence-corrected chi connectivity index (χ1v) is 4.39. The molecule has 0 aliphatic heterocycles. The van der Waals surface area contributed by atoms with Crippen molar-refractivity contribution in [3.63, 3.8) is 0 Å². The number of nitro groups is 2. The molecule has 0 radical (unpaired) electrons. The Morgan fingerprint density at radius 1 is 1.18 bits per heavy atom. The Bertz CT molecular complexity index is 466. The molecule has 0 atom stereocenters. The average molecular weight is 240 g/mol. The molecular weight excluding hydrogens is 232 g/mol. The lowest BCUT2D eigenvalue weighted by Crippen LogP contribution is -2.12. The zero-order chi connectivity index (χ0) is 13.2. The molecule has 17 heavy (non-hydrogen) atoms. The van der Waals surface area contributed by atoms with Crippen molar-refractivity contribution in [2.45, 2.75) is 6.92 Å². The normalized spacial score (nSPS) is 9.76. The number of aryl methyl sites for hydroxylation is 1. The van der Waals surface area contributed by atoms with Crippen molar-refractivity contribution >= 4 is 17.1 Å². The van der Waals surface area contributed by atoms with Crippen molar-refractivity contribution < 1.29 is 9.85 Å². The lowest BCUT2D eigenvalue weighted by Gasteiger charge is -2.10. The Balaban J connectivity index is 3.64. The van der Waals surface area contributed by atoms with Gasteiger partial charge in [-0.05, 0) is 12.5 Å². The lowest BCUT2D eigenvalue weighted by atomic mass is 10.1. The van der Waals surface area contributed by atoms with Crippen LogP contribution < -0.4 is 5.01 Å². The van der Waals surface area contributed by atoms with Crippen molar-refractivity contribution in [2.24, 2.45) is 5.29 Å². The van der Waals surface area contributed by atoms with Gasteiger partial charge in [0.15, 0.2) is 0 Å². The van der Waals surface area contributed by atoms with E-state index in [2.05, 4.69) is 5.29 Å². The first kappa shape index (κ1) is 12.5. The van der Waals surface area contributed by atoms with Crippen molar-refractivity contribution in [1.29, 1.82) is 0 Å². The zero-order valence-corrected chi connectivity index (χ0v) is 8.98. The summed E-state index contributed by atoms with van der Waals surface area (Å²) in [5.41, 5.74) is -1.13. The molecule has 9 nitrogen and oxygen atoms in total. The van der Waals surface area contributed by atoms with Crippen molar-refractivity contribution in [1.82, 2.24) is 0 Å². The highest BCUT2D eigenvalue weighted by molar-refractivity contribution is 5.75. The van der Waals surface area contributed by atoms with Gasteiger partial charge in [-0.15, -0.1) is 4.91 Å². The van der Waals surface area contributed by atoms with Crippen molar-refractivity contribution in [3.8, 4) is 0 Å². The van der Waals surface area contributed by atoms with Crippen LogP contribution in [0.2, 0.25) is 0 Å². The summed E-state index contributed by atoms with van der Waals surface area (Å²) in [7, 11) is 1.11. The van der Waals surface area contributed by atoms with Crippen LogP contribution in [-0.2, 0) is 0 Å². The van der Waals surface area contributed by atoms with Crippen LogP contribution in [0.3, 0.4) is 0 Å². The van der Waals surface area contributed by atoms with E-state index < -0.39 is 26.9 Å². The van der Waals surface area contributed by atoms with Gasteiger partial charge in [-0.3, -0.25) is 20.2 Å². The van der Waals surface area contributed by atoms with E-state index in [0.29, 0.717) is 10.6 Å². The Morgan fingerprint density at radius 3 is 1.88 bits per heavy atom. The monoisotopic (exact) mass is 240 g/mol. The fraction of sp³-hybridized carbons (Fsp3) is 0.250. The Labute approximate surface area is 94.9 Å². The largest absolute Gasteiger partial charge is 0.301 e. The van der Waals surface area contributed by atoms with Crippen molar-refractivity contribution in [2.75, 3.05) is 12.1 Å². The third-order valence-electron chi connectivity index (χ3n) is 2.05. The van der Waals surface area contributed by atoms with Crippen LogP contribution in [0.4, 0.5) is 17.1 Å². The number of nitrogens with zero attached hydrogens (tertiary/aromatic N) is 4. The molecule has 0 spiro atoms. The number of rotatable bonds is 4. The van der Waals surface area contributed by atoms with Crippen LogP contribution in [0.1, 0.15) is 5.56 Å². The van der Waals surface area contributed by atoms with Crippen LogP contribution >= 0.6 is 0 Å². The first-order valence-electron chi connectivity index (χ1n) is 4.39. The van der Waals surface area contributed by atoms with Gasteiger partial charge < -0.3 is 0 Å². The highest BCUT2D eigenvalue weighted by atomic mass is 16.6. The van der Waals surface area contributed by atoms with Crippen LogP contribution in [0.15, 0.2) is 17.4 Å². The third-order valence-corrected chi connectivity index (χ3v) is 2.05. The number of hydrogen-bond acceptors (Lipinski definition) is 6. The maximum Gasteiger partial charge on any atom is 0.301 e. The summed E-state index contributed by atoms with van der Waals surface area (Å²) in [6.07, 6.45) is 0. The Hall–Kier alpha value is -2.58. The van der Waals surface area contributed by atoms with Gasteiger partial charge in [0.1, 0.15) is 0 Å². The molecule has 0 fully saturated rings. The fourth-order valence-electron chi connectivity index (χ4n) is 1.39. The van der Waals surface area contributed by atoms with E-state index in [1.54, 1.807) is 0 Å². The van der Waals surface area contributed by atoms with Crippen LogP contribution in [-0.4, -0.2) is 16.9 Å². The van der Waals surface area contributed by atoms with Gasteiger partial charge >= 0.3 is 11.4 Å². The molecule has 0 unspecified atom stereocenters. The van der Waals surface area contributed by atoms with E-state index >= 15 is 0 Å². The minimum atomic E-state index is -0.795. The van der Waals surface area contributed by atoms with E-state index in [9.17, 15) is 25.1 Å². The zero-order valence-electron chi connectivity index (χ0n) is 8.98. The Kier molecular flexibility index (Phi) is 3.31. The second-order valence-corrected chi connectivity index (χ2v) is 3.27. The van der Waals surface area contributed by atoms with Crippen molar-refractivity contribution in [3.05, 3.63) is 42.8 Å². The highest BCUT2D eigenvalue weighted by Gasteiger charge is 2.29. The average Bonchev–Trinajstić information content (AvgIpc) is 2.26. The molecular formula is C8H8N4O5. The molecule has 0 bridgehead atoms. The van der Waals surface area contributed by atoms with E-state index in [1.165, 1.54) is 6.92 Å². The predicted molar refractivity (Wildman–Crippen MR) is 58.7 cm³/mol. The molecule has 0 saturated heterocycles. The lowest BCUT2D eigenvalue weighted by molar-refractivity contribution is -0.392. The van der Waals surface area contributed by atoms with Gasteiger partial charge in [0.2, 0.25) is 5.69 Å². The number of hydrogen-bond donors (Lipinski definition) is 0. The molecule has 1 aromatic rings. The summed E-state index contributed by atoms with van der Waals surface area (Å²) in [4.78, 5) is 30.3. The minimum Gasteiger partial charge on any atom is -0.258 e. The summed E-state index contributed by atoms with van der Waals surface area (Å²) < 4.78 is 0.